The number of methoxy groups -OCH3 is 1. The quantitative estimate of drug-likeness (QED) is 0.366. The zero-order chi connectivity index (χ0) is 20.4. The van der Waals surface area contributed by atoms with Crippen molar-refractivity contribution in [3.63, 3.8) is 0 Å². The molecule has 0 spiro atoms. The Hall–Kier alpha value is -2.49. The molecule has 0 bridgehead atoms. The van der Waals surface area contributed by atoms with Crippen molar-refractivity contribution in [2.45, 2.75) is 13.2 Å². The van der Waals surface area contributed by atoms with Crippen LogP contribution in [-0.2, 0) is 22.7 Å². The zero-order valence-electron chi connectivity index (χ0n) is 15.3. The number of halogens is 1. The molecule has 6 nitrogen and oxygen atoms in total. The Morgan fingerprint density at radius 1 is 1.28 bits per heavy atom. The fraction of sp³-hybridized carbons (Fsp3) is 0.150. The molecule has 0 radical (unpaired) electrons. The average Bonchev–Trinajstić information content (AvgIpc) is 3.38. The van der Waals surface area contributed by atoms with Crippen LogP contribution in [0, 0.1) is 0 Å². The Bertz CT molecular complexity index is 1230. The van der Waals surface area contributed by atoms with Crippen molar-refractivity contribution in [3.05, 3.63) is 67.8 Å². The summed E-state index contributed by atoms with van der Waals surface area (Å²) < 4.78 is 12.8. The minimum atomic E-state index is -0.525. The molecule has 0 atom stereocenters. The molecule has 29 heavy (non-hydrogen) atoms. The molecule has 4 aromatic rings. The van der Waals surface area contributed by atoms with Crippen LogP contribution >= 0.6 is 38.6 Å². The van der Waals surface area contributed by atoms with Crippen LogP contribution in [-0.4, -0.2) is 22.6 Å². The van der Waals surface area contributed by atoms with E-state index in [1.165, 1.54) is 22.2 Å². The molecule has 0 aliphatic carbocycles. The first-order chi connectivity index (χ1) is 14.1. The summed E-state index contributed by atoms with van der Waals surface area (Å²) in [6, 6.07) is 9.36. The topological polar surface area (TPSA) is 70.4 Å². The van der Waals surface area contributed by atoms with Crippen molar-refractivity contribution in [1.82, 2.24) is 9.55 Å². The van der Waals surface area contributed by atoms with Crippen molar-refractivity contribution in [2.24, 2.45) is 0 Å². The highest BCUT2D eigenvalue weighted by Crippen LogP contribution is 2.33. The maximum atomic E-state index is 13.0. The molecule has 1 aromatic carbocycles. The van der Waals surface area contributed by atoms with E-state index in [4.69, 9.17) is 9.47 Å². The third kappa shape index (κ3) is 4.12. The second-order valence-electron chi connectivity index (χ2n) is 6.10. The lowest BCUT2D eigenvalue weighted by Crippen LogP contribution is -2.25. The lowest BCUT2D eigenvalue weighted by molar-refractivity contribution is -0.145. The smallest absolute Gasteiger partial charge is 0.326 e. The van der Waals surface area contributed by atoms with Crippen molar-refractivity contribution in [3.8, 4) is 16.2 Å². The third-order valence-electron chi connectivity index (χ3n) is 4.28. The molecule has 148 valence electrons. The van der Waals surface area contributed by atoms with E-state index in [1.807, 2.05) is 35.0 Å². The second kappa shape index (κ2) is 8.48. The fourth-order valence-electron chi connectivity index (χ4n) is 2.90. The molecule has 9 heteroatoms. The van der Waals surface area contributed by atoms with Crippen LogP contribution < -0.4 is 10.3 Å². The summed E-state index contributed by atoms with van der Waals surface area (Å²) in [5, 5.41) is 4.41. The van der Waals surface area contributed by atoms with Crippen LogP contribution in [0.5, 0.6) is 5.75 Å². The molecule has 3 heterocycles. The molecule has 0 aliphatic rings. The van der Waals surface area contributed by atoms with Crippen molar-refractivity contribution in [2.75, 3.05) is 7.11 Å². The van der Waals surface area contributed by atoms with Crippen molar-refractivity contribution in [1.29, 1.82) is 0 Å². The van der Waals surface area contributed by atoms with Crippen LogP contribution in [0.1, 0.15) is 5.56 Å². The summed E-state index contributed by atoms with van der Waals surface area (Å²) >= 11 is 6.36. The molecule has 4 rings (SSSR count). The minimum absolute atomic E-state index is 0.0464. The first kappa shape index (κ1) is 19.8. The van der Waals surface area contributed by atoms with E-state index in [0.29, 0.717) is 16.0 Å². The number of hydrogen-bond acceptors (Lipinski definition) is 7. The van der Waals surface area contributed by atoms with Gasteiger partial charge >= 0.3 is 5.97 Å². The van der Waals surface area contributed by atoms with Gasteiger partial charge in [0.25, 0.3) is 5.56 Å². The van der Waals surface area contributed by atoms with Gasteiger partial charge in [0.2, 0.25) is 0 Å². The highest BCUT2D eigenvalue weighted by molar-refractivity contribution is 9.10. The number of hydrogen-bond donors (Lipinski definition) is 0. The van der Waals surface area contributed by atoms with Gasteiger partial charge in [-0.3, -0.25) is 14.2 Å². The molecule has 0 saturated carbocycles. The van der Waals surface area contributed by atoms with E-state index in [1.54, 1.807) is 24.5 Å². The number of ether oxygens (including phenoxy) is 2. The summed E-state index contributed by atoms with van der Waals surface area (Å²) in [6.45, 7) is -0.164. The van der Waals surface area contributed by atoms with Crippen LogP contribution in [0.15, 0.2) is 56.7 Å². The Labute approximate surface area is 182 Å². The Morgan fingerprint density at radius 2 is 2.14 bits per heavy atom. The van der Waals surface area contributed by atoms with Crippen LogP contribution in [0.2, 0.25) is 0 Å². The number of carbonyl (C=O) groups excluding carboxylic acids is 1. The van der Waals surface area contributed by atoms with Gasteiger partial charge in [0.05, 0.1) is 18.8 Å². The number of thiophene rings is 2. The first-order valence-corrected chi connectivity index (χ1v) is 11.1. The van der Waals surface area contributed by atoms with E-state index in [0.717, 1.165) is 20.5 Å². The van der Waals surface area contributed by atoms with Gasteiger partial charge in [-0.25, -0.2) is 4.98 Å². The summed E-state index contributed by atoms with van der Waals surface area (Å²) in [6.07, 6.45) is 1.39. The summed E-state index contributed by atoms with van der Waals surface area (Å²) in [7, 11) is 1.56. The molecule has 0 unspecified atom stereocenters. The third-order valence-corrected chi connectivity index (χ3v) is 6.56. The van der Waals surface area contributed by atoms with Crippen molar-refractivity contribution < 1.29 is 14.3 Å². The lowest BCUT2D eigenvalue weighted by atomic mass is 10.2. The molecule has 0 aliphatic heterocycles. The normalized spacial score (nSPS) is 11.0. The molecule has 0 amide bonds. The summed E-state index contributed by atoms with van der Waals surface area (Å²) in [4.78, 5) is 31.3. The Balaban J connectivity index is 1.54. The van der Waals surface area contributed by atoms with Gasteiger partial charge in [0.15, 0.2) is 0 Å². The monoisotopic (exact) mass is 490 g/mol. The molecule has 0 fully saturated rings. The number of fused-ring (bicyclic) bond motifs is 1. The first-order valence-electron chi connectivity index (χ1n) is 8.55. The molecule has 3 aromatic heterocycles. The van der Waals surface area contributed by atoms with Gasteiger partial charge < -0.3 is 9.47 Å². The Morgan fingerprint density at radius 3 is 2.90 bits per heavy atom. The SMILES string of the molecule is COc1ccc(Br)cc1COC(=O)Cn1cnc2scc(-c3cccs3)c2c1=O. The highest BCUT2D eigenvalue weighted by Gasteiger charge is 2.16. The number of aromatic nitrogens is 2. The predicted octanol–water partition coefficient (Wildman–Crippen LogP) is 4.70. The van der Waals surface area contributed by atoms with E-state index < -0.39 is 5.97 Å². The highest BCUT2D eigenvalue weighted by atomic mass is 79.9. The van der Waals surface area contributed by atoms with Crippen LogP contribution in [0.4, 0.5) is 0 Å². The van der Waals surface area contributed by atoms with Crippen LogP contribution in [0.3, 0.4) is 0 Å². The number of esters is 1. The second-order valence-corrected chi connectivity index (χ2v) is 8.82. The van der Waals surface area contributed by atoms with E-state index in [-0.39, 0.29) is 18.7 Å². The summed E-state index contributed by atoms with van der Waals surface area (Å²) in [5.41, 5.74) is 1.32. The molecular weight excluding hydrogens is 476 g/mol. The Kier molecular flexibility index (Phi) is 5.79. The number of benzene rings is 1. The van der Waals surface area contributed by atoms with Gasteiger partial charge in [-0.05, 0) is 29.6 Å². The zero-order valence-corrected chi connectivity index (χ0v) is 18.5. The number of nitrogens with zero attached hydrogens (tertiary/aromatic N) is 2. The maximum Gasteiger partial charge on any atom is 0.326 e. The van der Waals surface area contributed by atoms with Crippen molar-refractivity contribution >= 4 is 54.8 Å². The van der Waals surface area contributed by atoms with Gasteiger partial charge in [0, 0.05) is 25.9 Å². The van der Waals surface area contributed by atoms with Gasteiger partial charge in [-0.2, -0.15) is 0 Å². The van der Waals surface area contributed by atoms with Crippen LogP contribution in [0.25, 0.3) is 20.7 Å². The number of rotatable bonds is 6. The van der Waals surface area contributed by atoms with E-state index in [9.17, 15) is 9.59 Å². The largest absolute Gasteiger partial charge is 0.496 e. The van der Waals surface area contributed by atoms with E-state index >= 15 is 0 Å². The summed E-state index contributed by atoms with van der Waals surface area (Å²) in [5.74, 6) is 0.100. The number of carbonyl (C=O) groups is 1. The average molecular weight is 491 g/mol. The maximum absolute atomic E-state index is 13.0. The molecular formula is C20H15BrN2O4S2. The molecule has 0 N–H and O–H groups in total. The lowest BCUT2D eigenvalue weighted by Gasteiger charge is -2.10. The van der Waals surface area contributed by atoms with Gasteiger partial charge in [-0.1, -0.05) is 22.0 Å². The standard InChI is InChI=1S/C20H15BrN2O4S2/c1-26-15-5-4-13(21)7-12(15)9-27-17(24)8-23-11-22-19-18(20(23)25)14(10-29-19)16-3-2-6-28-16/h2-7,10-11H,8-9H2,1H3. The predicted molar refractivity (Wildman–Crippen MR) is 118 cm³/mol. The van der Waals surface area contributed by atoms with E-state index in [2.05, 4.69) is 20.9 Å². The fourth-order valence-corrected chi connectivity index (χ4v) is 5.03. The molecule has 0 saturated heterocycles. The van der Waals surface area contributed by atoms with Gasteiger partial charge in [0.1, 0.15) is 23.7 Å². The van der Waals surface area contributed by atoms with Gasteiger partial charge in [-0.15, -0.1) is 22.7 Å². The minimum Gasteiger partial charge on any atom is -0.496 e.